The van der Waals surface area contributed by atoms with Gasteiger partial charge in [-0.15, -0.1) is 0 Å². The maximum absolute atomic E-state index is 5.44. The molecule has 2 aliphatic rings. The zero-order valence-electron chi connectivity index (χ0n) is 14.6. The highest BCUT2D eigenvalue weighted by molar-refractivity contribution is 5.48. The van der Waals surface area contributed by atoms with E-state index in [0.29, 0.717) is 0 Å². The number of morpholine rings is 1. The minimum atomic E-state index is 0.765. The second kappa shape index (κ2) is 7.23. The number of aromatic nitrogens is 3. The molecule has 0 radical (unpaired) electrons. The molecule has 25 heavy (non-hydrogen) atoms. The van der Waals surface area contributed by atoms with E-state index in [-0.39, 0.29) is 0 Å². The molecule has 132 valence electrons. The van der Waals surface area contributed by atoms with Crippen LogP contribution in [-0.2, 0) is 4.74 Å². The predicted octanol–water partition coefficient (Wildman–Crippen LogP) is 1.34. The number of nitrogens with zero attached hydrogens (tertiary/aromatic N) is 6. The molecule has 2 aromatic rings. The Morgan fingerprint density at radius 1 is 0.840 bits per heavy atom. The van der Waals surface area contributed by atoms with Gasteiger partial charge >= 0.3 is 0 Å². The molecule has 2 saturated heterocycles. The Hall–Kier alpha value is -2.41. The van der Waals surface area contributed by atoms with Gasteiger partial charge in [-0.2, -0.15) is 4.98 Å². The molecule has 7 heteroatoms. The van der Waals surface area contributed by atoms with Crippen molar-refractivity contribution in [2.24, 2.45) is 0 Å². The lowest BCUT2D eigenvalue weighted by atomic mass is 10.3. The van der Waals surface area contributed by atoms with Crippen LogP contribution >= 0.6 is 0 Å². The molecular formula is C18H24N6O. The molecule has 4 heterocycles. The summed E-state index contributed by atoms with van der Waals surface area (Å²) in [6.45, 7) is 9.03. The highest BCUT2D eigenvalue weighted by atomic mass is 16.5. The standard InChI is InChI=1S/C18H24N6O/c1-15-14-17(23-10-12-25-13-11-23)21-18(20-15)24-8-6-22(7-9-24)16-4-2-3-5-19-16/h2-5,14H,6-13H2,1H3. The summed E-state index contributed by atoms with van der Waals surface area (Å²) in [6.07, 6.45) is 1.85. The third-order valence-electron chi connectivity index (χ3n) is 4.70. The SMILES string of the molecule is Cc1cc(N2CCOCC2)nc(N2CCN(c3ccccn3)CC2)n1. The maximum Gasteiger partial charge on any atom is 0.227 e. The van der Waals surface area contributed by atoms with Crippen LogP contribution in [0.1, 0.15) is 5.69 Å². The lowest BCUT2D eigenvalue weighted by molar-refractivity contribution is 0.122. The molecule has 0 bridgehead atoms. The predicted molar refractivity (Wildman–Crippen MR) is 98.5 cm³/mol. The van der Waals surface area contributed by atoms with Gasteiger partial charge in [-0.3, -0.25) is 0 Å². The second-order valence-electron chi connectivity index (χ2n) is 6.43. The van der Waals surface area contributed by atoms with Crippen LogP contribution in [0, 0.1) is 6.92 Å². The Morgan fingerprint density at radius 3 is 2.28 bits per heavy atom. The van der Waals surface area contributed by atoms with E-state index >= 15 is 0 Å². The van der Waals surface area contributed by atoms with Gasteiger partial charge < -0.3 is 19.4 Å². The van der Waals surface area contributed by atoms with Crippen LogP contribution in [0.15, 0.2) is 30.5 Å². The first-order chi connectivity index (χ1) is 12.3. The molecule has 2 fully saturated rings. The van der Waals surface area contributed by atoms with Crippen molar-refractivity contribution in [3.05, 3.63) is 36.2 Å². The molecule has 2 aliphatic heterocycles. The van der Waals surface area contributed by atoms with E-state index in [1.807, 2.05) is 25.3 Å². The quantitative estimate of drug-likeness (QED) is 0.836. The van der Waals surface area contributed by atoms with Crippen molar-refractivity contribution in [1.82, 2.24) is 15.0 Å². The van der Waals surface area contributed by atoms with Crippen LogP contribution in [0.5, 0.6) is 0 Å². The van der Waals surface area contributed by atoms with Crippen LogP contribution in [0.3, 0.4) is 0 Å². The number of pyridine rings is 1. The van der Waals surface area contributed by atoms with E-state index in [1.165, 1.54) is 0 Å². The van der Waals surface area contributed by atoms with E-state index in [1.54, 1.807) is 0 Å². The Kier molecular flexibility index (Phi) is 4.65. The van der Waals surface area contributed by atoms with Crippen LogP contribution in [0.2, 0.25) is 0 Å². The van der Waals surface area contributed by atoms with Gasteiger partial charge in [-0.1, -0.05) is 6.07 Å². The average Bonchev–Trinajstić information content (AvgIpc) is 2.69. The molecule has 0 aromatic carbocycles. The number of rotatable bonds is 3. The van der Waals surface area contributed by atoms with Crippen molar-refractivity contribution < 1.29 is 4.74 Å². The number of hydrogen-bond donors (Lipinski definition) is 0. The Morgan fingerprint density at radius 2 is 1.56 bits per heavy atom. The smallest absolute Gasteiger partial charge is 0.227 e. The zero-order valence-corrected chi connectivity index (χ0v) is 14.6. The first kappa shape index (κ1) is 16.1. The van der Waals surface area contributed by atoms with Crippen molar-refractivity contribution >= 4 is 17.6 Å². The number of anilines is 3. The first-order valence-electron chi connectivity index (χ1n) is 8.89. The van der Waals surface area contributed by atoms with Crippen molar-refractivity contribution in [2.45, 2.75) is 6.92 Å². The molecule has 0 N–H and O–H groups in total. The maximum atomic E-state index is 5.44. The van der Waals surface area contributed by atoms with Crippen molar-refractivity contribution in [3.8, 4) is 0 Å². The average molecular weight is 340 g/mol. The number of hydrogen-bond acceptors (Lipinski definition) is 7. The third-order valence-corrected chi connectivity index (χ3v) is 4.70. The van der Waals surface area contributed by atoms with Crippen LogP contribution in [0.25, 0.3) is 0 Å². The second-order valence-corrected chi connectivity index (χ2v) is 6.43. The first-order valence-corrected chi connectivity index (χ1v) is 8.89. The molecule has 0 aliphatic carbocycles. The van der Waals surface area contributed by atoms with Gasteiger partial charge in [-0.05, 0) is 19.1 Å². The minimum absolute atomic E-state index is 0.765. The fourth-order valence-electron chi connectivity index (χ4n) is 3.31. The van der Waals surface area contributed by atoms with Crippen molar-refractivity contribution in [1.29, 1.82) is 0 Å². The molecule has 0 saturated carbocycles. The fraction of sp³-hybridized carbons (Fsp3) is 0.500. The zero-order chi connectivity index (χ0) is 17.1. The van der Waals surface area contributed by atoms with Gasteiger partial charge in [-0.25, -0.2) is 9.97 Å². The van der Waals surface area contributed by atoms with E-state index in [0.717, 1.165) is 75.8 Å². The molecule has 7 nitrogen and oxygen atoms in total. The van der Waals surface area contributed by atoms with Gasteiger partial charge in [0.15, 0.2) is 0 Å². The summed E-state index contributed by atoms with van der Waals surface area (Å²) in [6, 6.07) is 8.12. The summed E-state index contributed by atoms with van der Waals surface area (Å²) in [5.41, 5.74) is 1.01. The summed E-state index contributed by atoms with van der Waals surface area (Å²) in [5, 5.41) is 0. The van der Waals surface area contributed by atoms with Crippen LogP contribution in [-0.4, -0.2) is 67.4 Å². The Bertz CT molecular complexity index is 696. The number of ether oxygens (including phenoxy) is 1. The van der Waals surface area contributed by atoms with E-state index in [9.17, 15) is 0 Å². The Labute approximate surface area is 148 Å². The van der Waals surface area contributed by atoms with Crippen molar-refractivity contribution in [3.63, 3.8) is 0 Å². The van der Waals surface area contributed by atoms with E-state index in [4.69, 9.17) is 9.72 Å². The lowest BCUT2D eigenvalue weighted by Gasteiger charge is -2.36. The third kappa shape index (κ3) is 3.66. The number of piperazine rings is 1. The highest BCUT2D eigenvalue weighted by Gasteiger charge is 2.21. The molecule has 0 amide bonds. The summed E-state index contributed by atoms with van der Waals surface area (Å²) in [4.78, 5) is 20.8. The molecule has 2 aromatic heterocycles. The summed E-state index contributed by atoms with van der Waals surface area (Å²) in [7, 11) is 0. The Balaban J connectivity index is 1.46. The van der Waals surface area contributed by atoms with Gasteiger partial charge in [0, 0.05) is 57.2 Å². The summed E-state index contributed by atoms with van der Waals surface area (Å²) in [5.74, 6) is 2.89. The van der Waals surface area contributed by atoms with Crippen molar-refractivity contribution in [2.75, 3.05) is 67.2 Å². The van der Waals surface area contributed by atoms with Gasteiger partial charge in [0.05, 0.1) is 13.2 Å². The summed E-state index contributed by atoms with van der Waals surface area (Å²) >= 11 is 0. The molecule has 0 atom stereocenters. The molecule has 0 spiro atoms. The number of aryl methyl sites for hydroxylation is 1. The largest absolute Gasteiger partial charge is 0.378 e. The topological polar surface area (TPSA) is 57.6 Å². The summed E-state index contributed by atoms with van der Waals surface area (Å²) < 4.78 is 5.44. The minimum Gasteiger partial charge on any atom is -0.378 e. The van der Waals surface area contributed by atoms with Gasteiger partial charge in [0.1, 0.15) is 11.6 Å². The molecular weight excluding hydrogens is 316 g/mol. The van der Waals surface area contributed by atoms with E-state index < -0.39 is 0 Å². The normalized spacial score (nSPS) is 18.5. The molecule has 4 rings (SSSR count). The molecule has 0 unspecified atom stereocenters. The lowest BCUT2D eigenvalue weighted by Crippen LogP contribution is -2.47. The van der Waals surface area contributed by atoms with E-state index in [2.05, 4.69) is 36.8 Å². The van der Waals surface area contributed by atoms with Crippen LogP contribution < -0.4 is 14.7 Å². The van der Waals surface area contributed by atoms with Gasteiger partial charge in [0.25, 0.3) is 0 Å². The highest BCUT2D eigenvalue weighted by Crippen LogP contribution is 2.20. The monoisotopic (exact) mass is 340 g/mol. The van der Waals surface area contributed by atoms with Gasteiger partial charge in [0.2, 0.25) is 5.95 Å². The van der Waals surface area contributed by atoms with Crippen LogP contribution in [0.4, 0.5) is 17.6 Å². The fourth-order valence-corrected chi connectivity index (χ4v) is 3.31.